The average molecular weight is 919 g/mol. The number of isocyanates is 1. The number of amides is 4. The van der Waals surface area contributed by atoms with Crippen molar-refractivity contribution in [3.05, 3.63) is 126 Å². The molecule has 0 atom stereocenters. The van der Waals surface area contributed by atoms with Crippen LogP contribution in [0.25, 0.3) is 0 Å². The molecule has 0 saturated heterocycles. The van der Waals surface area contributed by atoms with Crippen LogP contribution in [0.3, 0.4) is 0 Å². The van der Waals surface area contributed by atoms with Gasteiger partial charge in [-0.3, -0.25) is 0 Å². The number of nitrogens with one attached hydrogen (secondary N) is 4. The molecule has 0 spiro atoms. The van der Waals surface area contributed by atoms with E-state index in [1.54, 1.807) is 42.5 Å². The number of aromatic hydroxyl groups is 4. The number of hydrogen-bond acceptors (Lipinski definition) is 17. The summed E-state index contributed by atoms with van der Waals surface area (Å²) >= 11 is 0. The summed E-state index contributed by atoms with van der Waals surface area (Å²) in [7, 11) is 0. The van der Waals surface area contributed by atoms with Gasteiger partial charge in [-0.25, -0.2) is 14.4 Å². The van der Waals surface area contributed by atoms with Gasteiger partial charge < -0.3 is 85.3 Å². The van der Waals surface area contributed by atoms with Gasteiger partial charge in [-0.1, -0.05) is 18.2 Å². The first-order valence-electron chi connectivity index (χ1n) is 20.0. The van der Waals surface area contributed by atoms with Crippen LogP contribution in [0.2, 0.25) is 0 Å². The molecule has 0 bridgehead atoms. The van der Waals surface area contributed by atoms with Crippen molar-refractivity contribution in [3.63, 3.8) is 0 Å². The molecule has 10 rings (SSSR count). The third-order valence-corrected chi connectivity index (χ3v) is 9.45. The van der Waals surface area contributed by atoms with E-state index in [0.717, 1.165) is 28.4 Å². The fourth-order valence-electron chi connectivity index (χ4n) is 6.10. The highest BCUT2D eigenvalue weighted by Crippen LogP contribution is 2.37. The van der Waals surface area contributed by atoms with Gasteiger partial charge in [0.1, 0.15) is 0 Å². The minimum absolute atomic E-state index is 0.143. The van der Waals surface area contributed by atoms with Gasteiger partial charge in [0.25, 0.3) is 0 Å². The summed E-state index contributed by atoms with van der Waals surface area (Å²) < 4.78 is 41.5. The Morgan fingerprint density at radius 2 is 0.881 bits per heavy atom. The van der Waals surface area contributed by atoms with Crippen LogP contribution in [0.5, 0.6) is 69.0 Å². The second kappa shape index (κ2) is 21.9. The second-order valence-electron chi connectivity index (χ2n) is 14.0. The van der Waals surface area contributed by atoms with Gasteiger partial charge in [-0.05, 0) is 89.5 Å². The van der Waals surface area contributed by atoms with Gasteiger partial charge in [-0.15, -0.1) is 0 Å². The lowest BCUT2D eigenvalue weighted by Crippen LogP contribution is -2.28. The highest BCUT2D eigenvalue weighted by atomic mass is 16.7. The fourth-order valence-corrected chi connectivity index (χ4v) is 6.10. The lowest BCUT2D eigenvalue weighted by atomic mass is 10.2. The van der Waals surface area contributed by atoms with Crippen molar-refractivity contribution < 1.29 is 72.7 Å². The van der Waals surface area contributed by atoms with Crippen molar-refractivity contribution in [1.29, 1.82) is 0 Å². The lowest BCUT2D eigenvalue weighted by Gasteiger charge is -2.09. The first-order chi connectivity index (χ1) is 32.5. The Bertz CT molecular complexity index is 2780. The van der Waals surface area contributed by atoms with E-state index in [9.17, 15) is 29.7 Å². The third kappa shape index (κ3) is 12.7. The largest absolute Gasteiger partial charge is 0.504 e. The Morgan fingerprint density at radius 3 is 1.42 bits per heavy atom. The van der Waals surface area contributed by atoms with E-state index >= 15 is 0 Å². The highest BCUT2D eigenvalue weighted by Gasteiger charge is 2.17. The molecule has 0 radical (unpaired) electrons. The van der Waals surface area contributed by atoms with Crippen molar-refractivity contribution in [1.82, 2.24) is 10.6 Å². The number of phenols is 4. The SMILES string of the molecule is NCc1ccc2c(c1)OCO2.O=C(NCc1ccc(O)c(O)c1)Nc1ccc(O)c(O)c1.O=C(NCc1ccc2c(c1)OCO2)Nc1ccc2c(c1)OCO2.O=C=Nc1ccc2c(c1)OCO2. The molecule has 67 heavy (non-hydrogen) atoms. The molecule has 0 unspecified atom stereocenters. The van der Waals surface area contributed by atoms with E-state index in [4.69, 9.17) is 48.7 Å². The summed E-state index contributed by atoms with van der Waals surface area (Å²) in [4.78, 5) is 37.0. The number of carbonyl (C=O) groups excluding carboxylic acids is 3. The Labute approximate surface area is 380 Å². The summed E-state index contributed by atoms with van der Waals surface area (Å²) in [5.74, 6) is 4.51. The monoisotopic (exact) mass is 918 g/mol. The number of phenolic OH excluding ortho intramolecular Hbond substituents is 4. The molecule has 0 fully saturated rings. The number of rotatable bonds is 8. The molecule has 21 heteroatoms. The predicted molar refractivity (Wildman–Crippen MR) is 237 cm³/mol. The van der Waals surface area contributed by atoms with E-state index < -0.39 is 6.03 Å². The molecule has 4 heterocycles. The molecule has 21 nitrogen and oxygen atoms in total. The summed E-state index contributed by atoms with van der Waals surface area (Å²) in [6.07, 6.45) is 1.45. The van der Waals surface area contributed by atoms with Crippen molar-refractivity contribution in [2.45, 2.75) is 19.6 Å². The first kappa shape index (κ1) is 45.8. The third-order valence-electron chi connectivity index (χ3n) is 9.45. The van der Waals surface area contributed by atoms with Gasteiger partial charge in [0, 0.05) is 49.2 Å². The number of carbonyl (C=O) groups is 2. The maximum absolute atomic E-state index is 12.0. The van der Waals surface area contributed by atoms with Gasteiger partial charge in [-0.2, -0.15) is 4.99 Å². The highest BCUT2D eigenvalue weighted by molar-refractivity contribution is 5.90. The number of anilines is 2. The Morgan fingerprint density at radius 1 is 0.478 bits per heavy atom. The minimum Gasteiger partial charge on any atom is -0.504 e. The molecule has 4 amide bonds. The van der Waals surface area contributed by atoms with Crippen LogP contribution < -0.4 is 64.9 Å². The van der Waals surface area contributed by atoms with Crippen molar-refractivity contribution in [2.24, 2.45) is 10.7 Å². The minimum atomic E-state index is -0.521. The Kier molecular flexibility index (Phi) is 15.0. The van der Waals surface area contributed by atoms with Gasteiger partial charge in [0.05, 0.1) is 5.69 Å². The van der Waals surface area contributed by atoms with Crippen LogP contribution in [0.1, 0.15) is 16.7 Å². The smallest absolute Gasteiger partial charge is 0.319 e. The fraction of sp³-hybridized carbons (Fsp3) is 0.152. The summed E-state index contributed by atoms with van der Waals surface area (Å²) in [6.45, 7) is 2.05. The maximum atomic E-state index is 12.0. The van der Waals surface area contributed by atoms with E-state index in [1.807, 2.05) is 36.4 Å². The number of benzene rings is 6. The van der Waals surface area contributed by atoms with Crippen molar-refractivity contribution >= 4 is 35.2 Å². The first-order valence-corrected chi connectivity index (χ1v) is 20.0. The van der Waals surface area contributed by atoms with Crippen molar-refractivity contribution in [3.8, 4) is 69.0 Å². The zero-order valence-corrected chi connectivity index (χ0v) is 35.1. The van der Waals surface area contributed by atoms with Crippen molar-refractivity contribution in [2.75, 3.05) is 37.8 Å². The van der Waals surface area contributed by atoms with Gasteiger partial charge in [0.15, 0.2) is 69.0 Å². The molecule has 4 aliphatic heterocycles. The topological polar surface area (TPSA) is 292 Å². The number of hydrogen-bond donors (Lipinski definition) is 9. The van der Waals surface area contributed by atoms with E-state index in [2.05, 4.69) is 26.3 Å². The molecule has 346 valence electrons. The van der Waals surface area contributed by atoms with E-state index in [-0.39, 0.29) is 56.0 Å². The predicted octanol–water partition coefficient (Wildman–Crippen LogP) is 6.55. The van der Waals surface area contributed by atoms with E-state index in [1.165, 1.54) is 36.4 Å². The molecule has 4 aliphatic rings. The van der Waals surface area contributed by atoms with E-state index in [0.29, 0.717) is 71.3 Å². The van der Waals surface area contributed by atoms with Crippen LogP contribution in [-0.4, -0.2) is 65.7 Å². The standard InChI is InChI=1S/C16H14N2O5.C14H14N2O5.C8H5NO3.C8H9NO2/c19-16(18-11-2-4-13-15(6-11)23-9-21-13)17-7-10-1-3-12-14(5-10)22-8-20-12;17-10-3-1-8(5-12(10)19)7-15-14(21)16-9-2-4-11(18)13(20)6-9;10-4-9-6-1-2-7-8(3-6)12-5-11-7;9-4-6-1-2-7-8(3-6)11-5-10-7/h1-6H,7-9H2,(H2,17,18,19);1-6,17-20H,7H2,(H2,15,16,21);1-3H,5H2;1-3H,4-5,9H2. The molecule has 6 aromatic carbocycles. The zero-order valence-electron chi connectivity index (χ0n) is 35.1. The molecule has 6 aromatic rings. The average Bonchev–Trinajstić information content (AvgIpc) is 4.18. The van der Waals surface area contributed by atoms with Gasteiger partial charge in [0.2, 0.25) is 33.3 Å². The van der Waals surface area contributed by atoms with Crippen LogP contribution in [-0.2, 0) is 24.4 Å². The van der Waals surface area contributed by atoms with Crippen LogP contribution in [0, 0.1) is 0 Å². The quantitative estimate of drug-likeness (QED) is 0.0338. The Balaban J connectivity index is 0.000000139. The number of aliphatic imine (C=N–C) groups is 1. The summed E-state index contributed by atoms with van der Waals surface area (Å²) in [5.41, 5.74) is 9.52. The van der Waals surface area contributed by atoms with Crippen LogP contribution in [0.4, 0.5) is 26.7 Å². The summed E-state index contributed by atoms with van der Waals surface area (Å²) in [5, 5.41) is 47.5. The molecular formula is C46H42N6O15. The van der Waals surface area contributed by atoms with Crippen LogP contribution in [0.15, 0.2) is 114 Å². The molecule has 0 aromatic heterocycles. The number of nitrogens with two attached hydrogens (primary N) is 1. The van der Waals surface area contributed by atoms with Gasteiger partial charge >= 0.3 is 12.1 Å². The summed E-state index contributed by atoms with van der Waals surface area (Å²) in [6, 6.07) is 28.8. The number of fused-ring (bicyclic) bond motifs is 4. The Hall–Kier alpha value is -9.20. The van der Waals surface area contributed by atoms with Crippen LogP contribution >= 0.6 is 0 Å². The zero-order chi connectivity index (χ0) is 47.1. The number of urea groups is 2. The normalized spacial score (nSPS) is 12.3. The lowest BCUT2D eigenvalue weighted by molar-refractivity contribution is 0.173. The molecule has 0 aliphatic carbocycles. The second-order valence-corrected chi connectivity index (χ2v) is 14.0. The number of ether oxygens (including phenoxy) is 8. The maximum Gasteiger partial charge on any atom is 0.319 e. The molecular weight excluding hydrogens is 877 g/mol. The molecule has 0 saturated carbocycles. The number of nitrogens with zero attached hydrogens (tertiary/aromatic N) is 1. The molecule has 10 N–H and O–H groups in total.